The second-order valence-corrected chi connectivity index (χ2v) is 5.94. The fraction of sp³-hybridized carbons (Fsp3) is 0.467. The summed E-state index contributed by atoms with van der Waals surface area (Å²) >= 11 is 6.19. The molecule has 1 aliphatic rings. The van der Waals surface area contributed by atoms with Gasteiger partial charge in [-0.15, -0.1) is 10.2 Å². The van der Waals surface area contributed by atoms with Crippen LogP contribution in [0.2, 0.25) is 5.02 Å². The number of hydrogen-bond donors (Lipinski definition) is 1. The van der Waals surface area contributed by atoms with Gasteiger partial charge in [-0.2, -0.15) is 0 Å². The molecule has 1 atom stereocenters. The zero-order valence-electron chi connectivity index (χ0n) is 12.2. The molecule has 0 saturated carbocycles. The molecule has 0 fully saturated rings. The highest BCUT2D eigenvalue weighted by molar-refractivity contribution is 6.30. The van der Waals surface area contributed by atoms with Gasteiger partial charge in [0.05, 0.1) is 6.54 Å². The van der Waals surface area contributed by atoms with E-state index in [2.05, 4.69) is 32.7 Å². The van der Waals surface area contributed by atoms with Gasteiger partial charge in [0, 0.05) is 29.8 Å². The van der Waals surface area contributed by atoms with E-state index in [-0.39, 0.29) is 6.04 Å². The first-order valence-electron chi connectivity index (χ1n) is 7.33. The molecule has 2 N–H and O–H groups in total. The first-order valence-corrected chi connectivity index (χ1v) is 7.70. The van der Waals surface area contributed by atoms with Crippen LogP contribution in [-0.2, 0) is 19.5 Å². The number of benzene rings is 1. The fourth-order valence-corrected chi connectivity index (χ4v) is 2.87. The molecule has 6 heteroatoms. The minimum atomic E-state index is 0.179. The molecule has 0 aliphatic carbocycles. The van der Waals surface area contributed by atoms with E-state index in [4.69, 9.17) is 17.3 Å². The van der Waals surface area contributed by atoms with Crippen molar-refractivity contribution in [3.63, 3.8) is 0 Å². The van der Waals surface area contributed by atoms with Gasteiger partial charge < -0.3 is 15.2 Å². The molecule has 21 heavy (non-hydrogen) atoms. The second kappa shape index (κ2) is 6.03. The molecule has 0 bridgehead atoms. The third-order valence-electron chi connectivity index (χ3n) is 4.03. The van der Waals surface area contributed by atoms with Gasteiger partial charge >= 0.3 is 0 Å². The van der Waals surface area contributed by atoms with E-state index in [0.29, 0.717) is 0 Å². The van der Waals surface area contributed by atoms with Crippen molar-refractivity contribution in [1.82, 2.24) is 14.8 Å². The third kappa shape index (κ3) is 3.04. The van der Waals surface area contributed by atoms with Crippen LogP contribution in [0.15, 0.2) is 24.5 Å². The molecule has 5 nitrogen and oxygen atoms in total. The van der Waals surface area contributed by atoms with Crippen LogP contribution < -0.4 is 10.6 Å². The van der Waals surface area contributed by atoms with Gasteiger partial charge in [0.25, 0.3) is 0 Å². The van der Waals surface area contributed by atoms with Crippen LogP contribution in [0.4, 0.5) is 5.69 Å². The van der Waals surface area contributed by atoms with E-state index in [9.17, 15) is 0 Å². The van der Waals surface area contributed by atoms with Crippen LogP contribution >= 0.6 is 11.6 Å². The average Bonchev–Trinajstić information content (AvgIpc) is 2.96. The lowest BCUT2D eigenvalue weighted by molar-refractivity contribution is 0.557. The van der Waals surface area contributed by atoms with E-state index < -0.39 is 0 Å². The maximum Gasteiger partial charge on any atom is 0.152 e. The van der Waals surface area contributed by atoms with Crippen LogP contribution in [0, 0.1) is 0 Å². The molecule has 0 amide bonds. The Hall–Kier alpha value is -1.59. The van der Waals surface area contributed by atoms with Crippen LogP contribution in [-0.4, -0.2) is 27.4 Å². The lowest BCUT2D eigenvalue weighted by Gasteiger charge is -2.31. The van der Waals surface area contributed by atoms with Crippen molar-refractivity contribution in [2.24, 2.45) is 5.73 Å². The van der Waals surface area contributed by atoms with Crippen LogP contribution in [0.3, 0.4) is 0 Å². The van der Waals surface area contributed by atoms with Gasteiger partial charge in [-0.1, -0.05) is 24.6 Å². The van der Waals surface area contributed by atoms with Crippen molar-refractivity contribution < 1.29 is 0 Å². The van der Waals surface area contributed by atoms with E-state index in [0.717, 1.165) is 43.3 Å². The summed E-state index contributed by atoms with van der Waals surface area (Å²) in [4.78, 5) is 2.31. The standard InChI is InChI=1S/C15H20ClN5/c1-2-13(17)7-11-3-4-12(16)8-14(11)20-5-6-21-10-18-19-15(21)9-20/h3-4,8,10,13H,2,5-7,9,17H2,1H3. The first kappa shape index (κ1) is 14.4. The second-order valence-electron chi connectivity index (χ2n) is 5.51. The van der Waals surface area contributed by atoms with Gasteiger partial charge in [-0.05, 0) is 30.5 Å². The molecule has 3 rings (SSSR count). The Morgan fingerprint density at radius 1 is 1.38 bits per heavy atom. The molecule has 0 saturated heterocycles. The summed E-state index contributed by atoms with van der Waals surface area (Å²) in [5, 5.41) is 8.90. The molecule has 1 aliphatic heterocycles. The van der Waals surface area contributed by atoms with Gasteiger partial charge in [-0.25, -0.2) is 0 Å². The lowest BCUT2D eigenvalue weighted by atomic mass is 10.0. The predicted octanol–water partition coefficient (Wildman–Crippen LogP) is 2.23. The quantitative estimate of drug-likeness (QED) is 0.941. The Balaban J connectivity index is 1.89. The lowest BCUT2D eigenvalue weighted by Crippen LogP contribution is -2.34. The summed E-state index contributed by atoms with van der Waals surface area (Å²) in [6.07, 6.45) is 3.63. The minimum absolute atomic E-state index is 0.179. The van der Waals surface area contributed by atoms with Gasteiger partial charge in [0.15, 0.2) is 5.82 Å². The fourth-order valence-electron chi connectivity index (χ4n) is 2.70. The zero-order valence-corrected chi connectivity index (χ0v) is 12.9. The smallest absolute Gasteiger partial charge is 0.152 e. The van der Waals surface area contributed by atoms with Crippen molar-refractivity contribution >= 4 is 17.3 Å². The molecule has 0 radical (unpaired) electrons. The topological polar surface area (TPSA) is 60.0 Å². The Kier molecular flexibility index (Phi) is 4.12. The van der Waals surface area contributed by atoms with E-state index >= 15 is 0 Å². The summed E-state index contributed by atoms with van der Waals surface area (Å²) in [6.45, 7) is 4.70. The number of halogens is 1. The maximum atomic E-state index is 6.19. The molecule has 0 spiro atoms. The number of fused-ring (bicyclic) bond motifs is 1. The van der Waals surface area contributed by atoms with Crippen molar-refractivity contribution in [3.05, 3.63) is 40.9 Å². The summed E-state index contributed by atoms with van der Waals surface area (Å²) in [5.41, 5.74) is 8.54. The van der Waals surface area contributed by atoms with Gasteiger partial charge in [0.1, 0.15) is 6.33 Å². The number of nitrogens with zero attached hydrogens (tertiary/aromatic N) is 4. The molecule has 112 valence electrons. The Bertz CT molecular complexity index is 624. The first-order chi connectivity index (χ1) is 10.2. The van der Waals surface area contributed by atoms with Crippen molar-refractivity contribution in [3.8, 4) is 0 Å². The molecule has 1 aromatic heterocycles. The normalized spacial score (nSPS) is 15.9. The predicted molar refractivity (Wildman–Crippen MR) is 84.5 cm³/mol. The Labute approximate surface area is 129 Å². The number of nitrogens with two attached hydrogens (primary N) is 1. The van der Waals surface area contributed by atoms with Gasteiger partial charge in [0.2, 0.25) is 0 Å². The van der Waals surface area contributed by atoms with Crippen molar-refractivity contribution in [2.45, 2.75) is 38.9 Å². The maximum absolute atomic E-state index is 6.19. The van der Waals surface area contributed by atoms with Crippen LogP contribution in [0.1, 0.15) is 24.7 Å². The summed E-state index contributed by atoms with van der Waals surface area (Å²) in [7, 11) is 0. The Morgan fingerprint density at radius 2 is 2.24 bits per heavy atom. The number of anilines is 1. The largest absolute Gasteiger partial charge is 0.362 e. The summed E-state index contributed by atoms with van der Waals surface area (Å²) in [5.74, 6) is 0.993. The number of hydrogen-bond acceptors (Lipinski definition) is 4. The van der Waals surface area contributed by atoms with E-state index in [1.807, 2.05) is 12.1 Å². The highest BCUT2D eigenvalue weighted by Gasteiger charge is 2.20. The average molecular weight is 306 g/mol. The summed E-state index contributed by atoms with van der Waals surface area (Å²) in [6, 6.07) is 6.24. The molecule has 1 unspecified atom stereocenters. The molecule has 2 aromatic rings. The van der Waals surface area contributed by atoms with Gasteiger partial charge in [-0.3, -0.25) is 0 Å². The SMILES string of the molecule is CCC(N)Cc1ccc(Cl)cc1N1CCn2cnnc2C1. The number of rotatable bonds is 4. The molecular weight excluding hydrogens is 286 g/mol. The molecule has 1 aromatic carbocycles. The van der Waals surface area contributed by atoms with Crippen LogP contribution in [0.25, 0.3) is 0 Å². The third-order valence-corrected chi connectivity index (χ3v) is 4.27. The highest BCUT2D eigenvalue weighted by Crippen LogP contribution is 2.28. The summed E-state index contributed by atoms with van der Waals surface area (Å²) < 4.78 is 2.10. The molecule has 2 heterocycles. The monoisotopic (exact) mass is 305 g/mol. The van der Waals surface area contributed by atoms with Crippen molar-refractivity contribution in [1.29, 1.82) is 0 Å². The number of aromatic nitrogens is 3. The van der Waals surface area contributed by atoms with Crippen molar-refractivity contribution in [2.75, 3.05) is 11.4 Å². The van der Waals surface area contributed by atoms with E-state index in [1.165, 1.54) is 11.3 Å². The Morgan fingerprint density at radius 3 is 3.05 bits per heavy atom. The zero-order chi connectivity index (χ0) is 14.8. The van der Waals surface area contributed by atoms with E-state index in [1.54, 1.807) is 6.33 Å². The molecular formula is C15H20ClN5. The minimum Gasteiger partial charge on any atom is -0.362 e. The highest BCUT2D eigenvalue weighted by atomic mass is 35.5. The van der Waals surface area contributed by atoms with Crippen LogP contribution in [0.5, 0.6) is 0 Å².